The second kappa shape index (κ2) is 10.8. The normalized spacial score (nSPS) is 29.8. The summed E-state index contributed by atoms with van der Waals surface area (Å²) in [6.07, 6.45) is 7.52. The Bertz CT molecular complexity index is 771. The summed E-state index contributed by atoms with van der Waals surface area (Å²) in [7, 11) is 1.70. The highest BCUT2D eigenvalue weighted by atomic mass is 16.5. The van der Waals surface area contributed by atoms with Gasteiger partial charge in [0.1, 0.15) is 11.6 Å². The van der Waals surface area contributed by atoms with E-state index < -0.39 is 23.5 Å². The number of likely N-dealkylation sites (tertiary alicyclic amines) is 1. The summed E-state index contributed by atoms with van der Waals surface area (Å²) >= 11 is 0. The van der Waals surface area contributed by atoms with Crippen molar-refractivity contribution in [2.45, 2.75) is 63.2 Å². The van der Waals surface area contributed by atoms with Crippen LogP contribution >= 0.6 is 0 Å². The molecule has 3 amide bonds. The summed E-state index contributed by atoms with van der Waals surface area (Å²) in [6.45, 7) is 11.2. The van der Waals surface area contributed by atoms with Gasteiger partial charge in [-0.3, -0.25) is 14.4 Å². The molecule has 3 saturated heterocycles. The molecule has 8 heteroatoms. The number of nitrogens with zero attached hydrogens (tertiary/aromatic N) is 3. The van der Waals surface area contributed by atoms with Gasteiger partial charge in [0.05, 0.1) is 17.9 Å². The third-order valence-electron chi connectivity index (χ3n) is 7.35. The fourth-order valence-corrected chi connectivity index (χ4v) is 5.91. The lowest BCUT2D eigenvalue weighted by atomic mass is 9.70. The molecule has 1 spiro atoms. The Hall–Kier alpha value is -2.19. The Morgan fingerprint density at radius 2 is 1.94 bits per heavy atom. The van der Waals surface area contributed by atoms with Crippen LogP contribution in [-0.2, 0) is 19.1 Å². The molecule has 3 heterocycles. The number of hydrogen-bond donors (Lipinski definition) is 1. The van der Waals surface area contributed by atoms with Crippen molar-refractivity contribution in [3.05, 3.63) is 25.3 Å². The molecule has 3 fully saturated rings. The predicted octanol–water partition coefficient (Wildman–Crippen LogP) is 1.59. The van der Waals surface area contributed by atoms with Crippen molar-refractivity contribution in [2.75, 3.05) is 39.8 Å². The topological polar surface area (TPSA) is 90.4 Å². The highest BCUT2D eigenvalue weighted by molar-refractivity contribution is 5.99. The van der Waals surface area contributed by atoms with Crippen molar-refractivity contribution in [1.82, 2.24) is 14.7 Å². The number of fused-ring (bicyclic) bond motifs is 1. The summed E-state index contributed by atoms with van der Waals surface area (Å²) in [5.41, 5.74) is -0.992. The Balaban J connectivity index is 1.96. The SMILES string of the molecule is C=CCN(C)C(=O)[C@@H]1[C@H]2C(=O)N(CCCO)C(C(=O)N(CC=C)CCCCC)C23CC[C@H]1O3. The number of aliphatic hydroxyl groups is 1. The second-order valence-electron chi connectivity index (χ2n) is 9.45. The van der Waals surface area contributed by atoms with Crippen LogP contribution in [-0.4, -0.2) is 95.1 Å². The Labute approximate surface area is 197 Å². The van der Waals surface area contributed by atoms with Gasteiger partial charge in [0.15, 0.2) is 0 Å². The van der Waals surface area contributed by atoms with E-state index in [2.05, 4.69) is 20.1 Å². The van der Waals surface area contributed by atoms with Crippen molar-refractivity contribution in [2.24, 2.45) is 11.8 Å². The maximum Gasteiger partial charge on any atom is 0.248 e. The number of aliphatic hydroxyl groups excluding tert-OH is 1. The molecular weight excluding hydrogens is 422 g/mol. The molecule has 3 aliphatic rings. The van der Waals surface area contributed by atoms with Crippen LogP contribution in [0.2, 0.25) is 0 Å². The highest BCUT2D eigenvalue weighted by Crippen LogP contribution is 2.58. The molecule has 0 saturated carbocycles. The van der Waals surface area contributed by atoms with Crippen molar-refractivity contribution in [3.63, 3.8) is 0 Å². The Morgan fingerprint density at radius 3 is 2.58 bits per heavy atom. The second-order valence-corrected chi connectivity index (χ2v) is 9.45. The maximum absolute atomic E-state index is 13.9. The van der Waals surface area contributed by atoms with E-state index in [9.17, 15) is 19.5 Å². The fraction of sp³-hybridized carbons (Fsp3) is 0.720. The molecule has 0 aromatic rings. The van der Waals surface area contributed by atoms with Gasteiger partial charge in [0.2, 0.25) is 17.7 Å². The van der Waals surface area contributed by atoms with Crippen LogP contribution < -0.4 is 0 Å². The van der Waals surface area contributed by atoms with E-state index in [1.807, 2.05) is 0 Å². The van der Waals surface area contributed by atoms with Gasteiger partial charge in [-0.1, -0.05) is 31.9 Å². The largest absolute Gasteiger partial charge is 0.396 e. The summed E-state index contributed by atoms with van der Waals surface area (Å²) < 4.78 is 6.44. The molecule has 3 rings (SSSR count). The third kappa shape index (κ3) is 4.47. The first-order chi connectivity index (χ1) is 15.9. The molecule has 0 radical (unpaired) electrons. The maximum atomic E-state index is 13.9. The Morgan fingerprint density at radius 1 is 1.21 bits per heavy atom. The zero-order chi connectivity index (χ0) is 24.2. The number of rotatable bonds is 13. The fourth-order valence-electron chi connectivity index (χ4n) is 5.91. The average molecular weight is 462 g/mol. The van der Waals surface area contributed by atoms with Crippen molar-refractivity contribution in [3.8, 4) is 0 Å². The van der Waals surface area contributed by atoms with E-state index in [1.165, 1.54) is 0 Å². The standard InChI is InChI=1S/C25H39N3O5/c1-5-8-9-15-27(14-7-3)24(32)21-25-12-11-18(33-25)19(22(30)26(4)13-6-2)20(25)23(31)28(21)16-10-17-29/h6-7,18-21,29H,2-3,5,8-17H2,1,4H3/t18-,19+,20+,21?,25?/m1/s1. The molecule has 3 aliphatic heterocycles. The van der Waals surface area contributed by atoms with E-state index in [1.54, 1.807) is 33.9 Å². The van der Waals surface area contributed by atoms with Crippen molar-refractivity contribution >= 4 is 17.7 Å². The molecule has 184 valence electrons. The molecule has 0 aromatic heterocycles. The lowest BCUT2D eigenvalue weighted by Gasteiger charge is -2.37. The van der Waals surface area contributed by atoms with Crippen LogP contribution in [0.15, 0.2) is 25.3 Å². The van der Waals surface area contributed by atoms with E-state index in [0.29, 0.717) is 38.9 Å². The summed E-state index contributed by atoms with van der Waals surface area (Å²) in [6, 6.07) is -0.782. The summed E-state index contributed by atoms with van der Waals surface area (Å²) in [4.78, 5) is 45.8. The first-order valence-corrected chi connectivity index (χ1v) is 12.2. The first kappa shape index (κ1) is 25.4. The number of amides is 3. The van der Waals surface area contributed by atoms with Crippen LogP contribution in [0.3, 0.4) is 0 Å². The van der Waals surface area contributed by atoms with Gasteiger partial charge in [0.25, 0.3) is 0 Å². The van der Waals surface area contributed by atoms with Crippen LogP contribution in [0.25, 0.3) is 0 Å². The van der Waals surface area contributed by atoms with Gasteiger partial charge in [-0.15, -0.1) is 13.2 Å². The van der Waals surface area contributed by atoms with E-state index in [0.717, 1.165) is 19.3 Å². The number of unbranched alkanes of at least 4 members (excludes halogenated alkanes) is 2. The molecule has 5 atom stereocenters. The first-order valence-electron chi connectivity index (χ1n) is 12.2. The lowest BCUT2D eigenvalue weighted by Crippen LogP contribution is -2.56. The van der Waals surface area contributed by atoms with Crippen molar-refractivity contribution in [1.29, 1.82) is 0 Å². The monoisotopic (exact) mass is 461 g/mol. The van der Waals surface area contributed by atoms with E-state index >= 15 is 0 Å². The van der Waals surface area contributed by atoms with E-state index in [-0.39, 0.29) is 37.0 Å². The molecule has 2 unspecified atom stereocenters. The smallest absolute Gasteiger partial charge is 0.248 e. The van der Waals surface area contributed by atoms with Gasteiger partial charge < -0.3 is 24.5 Å². The minimum atomic E-state index is -0.992. The molecule has 33 heavy (non-hydrogen) atoms. The average Bonchev–Trinajstić information content (AvgIpc) is 3.44. The highest BCUT2D eigenvalue weighted by Gasteiger charge is 2.74. The number of ether oxygens (including phenoxy) is 1. The van der Waals surface area contributed by atoms with Gasteiger partial charge in [-0.05, 0) is 25.7 Å². The number of hydrogen-bond acceptors (Lipinski definition) is 5. The summed E-state index contributed by atoms with van der Waals surface area (Å²) in [5.74, 6) is -1.76. The Kier molecular flexibility index (Phi) is 8.34. The predicted molar refractivity (Wildman–Crippen MR) is 125 cm³/mol. The molecule has 0 aromatic carbocycles. The van der Waals surface area contributed by atoms with Gasteiger partial charge >= 0.3 is 0 Å². The molecule has 1 N–H and O–H groups in total. The minimum absolute atomic E-state index is 0.0802. The van der Waals surface area contributed by atoms with Gasteiger partial charge in [-0.2, -0.15) is 0 Å². The van der Waals surface area contributed by atoms with E-state index in [4.69, 9.17) is 4.74 Å². The van der Waals surface area contributed by atoms with Gasteiger partial charge in [0, 0.05) is 39.8 Å². The quantitative estimate of drug-likeness (QED) is 0.332. The van der Waals surface area contributed by atoms with Crippen molar-refractivity contribution < 1.29 is 24.2 Å². The van der Waals surface area contributed by atoms with Crippen LogP contribution in [0.1, 0.15) is 45.4 Å². The third-order valence-corrected chi connectivity index (χ3v) is 7.35. The summed E-state index contributed by atoms with van der Waals surface area (Å²) in [5, 5.41) is 9.43. The molecule has 0 aliphatic carbocycles. The minimum Gasteiger partial charge on any atom is -0.396 e. The van der Waals surface area contributed by atoms with Gasteiger partial charge in [-0.25, -0.2) is 0 Å². The zero-order valence-corrected chi connectivity index (χ0v) is 20.1. The zero-order valence-electron chi connectivity index (χ0n) is 20.1. The van der Waals surface area contributed by atoms with Crippen LogP contribution in [0, 0.1) is 11.8 Å². The number of carbonyl (C=O) groups is 3. The number of carbonyl (C=O) groups excluding carboxylic acids is 3. The van der Waals surface area contributed by atoms with Crippen LogP contribution in [0.4, 0.5) is 0 Å². The van der Waals surface area contributed by atoms with Crippen LogP contribution in [0.5, 0.6) is 0 Å². The molecule has 2 bridgehead atoms. The lowest BCUT2D eigenvalue weighted by molar-refractivity contribution is -0.148. The number of likely N-dealkylation sites (N-methyl/N-ethyl adjacent to an activating group) is 1. The molecule has 8 nitrogen and oxygen atoms in total. The molecular formula is C25H39N3O5.